The molecule has 94 valence electrons. The van der Waals surface area contributed by atoms with Gasteiger partial charge >= 0.3 is 0 Å². The first-order valence-corrected chi connectivity index (χ1v) is 7.79. The highest BCUT2D eigenvalue weighted by atomic mass is 79.9. The van der Waals surface area contributed by atoms with Gasteiger partial charge in [0.15, 0.2) is 0 Å². The van der Waals surface area contributed by atoms with Gasteiger partial charge in [-0.3, -0.25) is 4.79 Å². The minimum Gasteiger partial charge on any atom is -0.356 e. The lowest BCUT2D eigenvalue weighted by Crippen LogP contribution is -2.33. The first kappa shape index (κ1) is 13.0. The van der Waals surface area contributed by atoms with Gasteiger partial charge in [0.05, 0.1) is 0 Å². The molecule has 2 rings (SSSR count). The highest BCUT2D eigenvalue weighted by Crippen LogP contribution is 2.29. The molecular formula is C12H17BrN2OS. The summed E-state index contributed by atoms with van der Waals surface area (Å²) in [6, 6.07) is 2.15. The van der Waals surface area contributed by atoms with E-state index in [0.29, 0.717) is 11.7 Å². The number of aromatic nitrogens is 1. The quantitative estimate of drug-likeness (QED) is 0.896. The van der Waals surface area contributed by atoms with Crippen molar-refractivity contribution in [3.05, 3.63) is 22.4 Å². The Morgan fingerprint density at radius 3 is 3.12 bits per heavy atom. The van der Waals surface area contributed by atoms with Gasteiger partial charge in [0, 0.05) is 22.0 Å². The number of aromatic amines is 1. The van der Waals surface area contributed by atoms with Crippen LogP contribution in [0, 0.1) is 0 Å². The normalized spacial score (nSPS) is 23.9. The molecule has 0 spiro atoms. The first-order chi connectivity index (χ1) is 8.19. The minimum atomic E-state index is 0.00264. The fourth-order valence-electron chi connectivity index (χ4n) is 2.22. The number of hydrogen-bond donors (Lipinski definition) is 2. The number of H-pyrrole nitrogens is 1. The predicted octanol–water partition coefficient (Wildman–Crippen LogP) is 3.18. The van der Waals surface area contributed by atoms with Crippen molar-refractivity contribution in [2.75, 3.05) is 5.75 Å². The molecule has 1 amide bonds. The average molecular weight is 317 g/mol. The van der Waals surface area contributed by atoms with Crippen molar-refractivity contribution in [2.45, 2.75) is 37.5 Å². The van der Waals surface area contributed by atoms with Gasteiger partial charge in [-0.15, -0.1) is 0 Å². The van der Waals surface area contributed by atoms with E-state index in [0.717, 1.165) is 28.3 Å². The van der Waals surface area contributed by atoms with E-state index in [9.17, 15) is 4.79 Å². The largest absolute Gasteiger partial charge is 0.356 e. The molecule has 17 heavy (non-hydrogen) atoms. The monoisotopic (exact) mass is 316 g/mol. The van der Waals surface area contributed by atoms with Gasteiger partial charge in [0.2, 0.25) is 0 Å². The molecule has 1 fully saturated rings. The van der Waals surface area contributed by atoms with Gasteiger partial charge in [-0.05, 0) is 47.0 Å². The van der Waals surface area contributed by atoms with E-state index in [-0.39, 0.29) is 5.91 Å². The summed E-state index contributed by atoms with van der Waals surface area (Å²) < 4.78 is 0.911. The number of halogens is 1. The summed E-state index contributed by atoms with van der Waals surface area (Å²) in [6.45, 7) is 2.19. The SMILES string of the molecule is CCSC1CCC(NC(=O)c2cc(Br)c[nH]2)C1. The molecule has 0 radical (unpaired) electrons. The summed E-state index contributed by atoms with van der Waals surface area (Å²) in [5.41, 5.74) is 0.628. The van der Waals surface area contributed by atoms with Crippen LogP contribution in [0.3, 0.4) is 0 Å². The Hall–Kier alpha value is -0.420. The van der Waals surface area contributed by atoms with Crippen molar-refractivity contribution in [3.63, 3.8) is 0 Å². The van der Waals surface area contributed by atoms with Crippen molar-refractivity contribution in [3.8, 4) is 0 Å². The highest BCUT2D eigenvalue weighted by molar-refractivity contribution is 9.10. The smallest absolute Gasteiger partial charge is 0.267 e. The van der Waals surface area contributed by atoms with Gasteiger partial charge in [-0.1, -0.05) is 6.92 Å². The Labute approximate surface area is 114 Å². The lowest BCUT2D eigenvalue weighted by atomic mass is 10.2. The highest BCUT2D eigenvalue weighted by Gasteiger charge is 2.26. The number of carbonyl (C=O) groups excluding carboxylic acids is 1. The van der Waals surface area contributed by atoms with E-state index >= 15 is 0 Å². The van der Waals surface area contributed by atoms with Crippen LogP contribution in [0.5, 0.6) is 0 Å². The minimum absolute atomic E-state index is 0.00264. The molecule has 0 saturated heterocycles. The Kier molecular flexibility index (Phi) is 4.56. The van der Waals surface area contributed by atoms with Crippen LogP contribution in [0.25, 0.3) is 0 Å². The van der Waals surface area contributed by atoms with Gasteiger partial charge in [-0.25, -0.2) is 0 Å². The van der Waals surface area contributed by atoms with E-state index in [4.69, 9.17) is 0 Å². The molecule has 1 aromatic heterocycles. The molecule has 1 heterocycles. The van der Waals surface area contributed by atoms with E-state index in [1.165, 1.54) is 6.42 Å². The van der Waals surface area contributed by atoms with Gasteiger partial charge in [0.25, 0.3) is 5.91 Å². The van der Waals surface area contributed by atoms with Crippen molar-refractivity contribution < 1.29 is 4.79 Å². The maximum atomic E-state index is 11.9. The summed E-state index contributed by atoms with van der Waals surface area (Å²) in [4.78, 5) is 14.9. The zero-order valence-corrected chi connectivity index (χ0v) is 12.2. The Balaban J connectivity index is 1.84. The zero-order valence-electron chi connectivity index (χ0n) is 9.83. The Bertz CT molecular complexity index is 394. The van der Waals surface area contributed by atoms with Crippen LogP contribution in [-0.2, 0) is 0 Å². The van der Waals surface area contributed by atoms with Crippen molar-refractivity contribution in [2.24, 2.45) is 0 Å². The summed E-state index contributed by atoms with van der Waals surface area (Å²) >= 11 is 5.33. The van der Waals surface area contributed by atoms with Gasteiger partial charge in [0.1, 0.15) is 5.69 Å². The molecule has 1 aliphatic rings. The van der Waals surface area contributed by atoms with E-state index in [1.54, 1.807) is 6.20 Å². The molecule has 2 atom stereocenters. The number of rotatable bonds is 4. The van der Waals surface area contributed by atoms with Crippen LogP contribution in [0.4, 0.5) is 0 Å². The maximum absolute atomic E-state index is 11.9. The van der Waals surface area contributed by atoms with Crippen LogP contribution in [-0.4, -0.2) is 27.9 Å². The van der Waals surface area contributed by atoms with Crippen LogP contribution < -0.4 is 5.32 Å². The molecule has 1 aliphatic carbocycles. The third-order valence-corrected chi connectivity index (χ3v) is 4.71. The topological polar surface area (TPSA) is 44.9 Å². The molecule has 0 aromatic carbocycles. The third-order valence-electron chi connectivity index (χ3n) is 3.01. The lowest BCUT2D eigenvalue weighted by molar-refractivity contribution is 0.0933. The standard InChI is InChI=1S/C12H17BrN2OS/c1-2-17-10-4-3-9(6-10)15-12(16)11-5-8(13)7-14-11/h5,7,9-10,14H,2-4,6H2,1H3,(H,15,16). The Morgan fingerprint density at radius 1 is 1.65 bits per heavy atom. The summed E-state index contributed by atoms with van der Waals surface area (Å²) in [5, 5.41) is 3.82. The van der Waals surface area contributed by atoms with E-state index in [2.05, 4.69) is 33.2 Å². The first-order valence-electron chi connectivity index (χ1n) is 5.95. The fourth-order valence-corrected chi connectivity index (χ4v) is 3.71. The van der Waals surface area contributed by atoms with Crippen LogP contribution in [0.1, 0.15) is 36.7 Å². The van der Waals surface area contributed by atoms with E-state index in [1.807, 2.05) is 17.8 Å². The fraction of sp³-hybridized carbons (Fsp3) is 0.583. The predicted molar refractivity (Wildman–Crippen MR) is 75.5 cm³/mol. The van der Waals surface area contributed by atoms with Crippen LogP contribution in [0.2, 0.25) is 0 Å². The molecule has 3 nitrogen and oxygen atoms in total. The molecule has 2 N–H and O–H groups in total. The van der Waals surface area contributed by atoms with Gasteiger partial charge in [-0.2, -0.15) is 11.8 Å². The second kappa shape index (κ2) is 5.96. The Morgan fingerprint density at radius 2 is 2.47 bits per heavy atom. The van der Waals surface area contributed by atoms with Crippen LogP contribution in [0.15, 0.2) is 16.7 Å². The number of hydrogen-bond acceptors (Lipinski definition) is 2. The second-order valence-electron chi connectivity index (χ2n) is 4.29. The molecule has 0 bridgehead atoms. The number of carbonyl (C=O) groups is 1. The number of thioether (sulfide) groups is 1. The molecular weight excluding hydrogens is 300 g/mol. The number of nitrogens with one attached hydrogen (secondary N) is 2. The maximum Gasteiger partial charge on any atom is 0.267 e. The molecule has 0 aliphatic heterocycles. The van der Waals surface area contributed by atoms with Crippen molar-refractivity contribution >= 4 is 33.6 Å². The van der Waals surface area contributed by atoms with Crippen molar-refractivity contribution in [1.82, 2.24) is 10.3 Å². The zero-order chi connectivity index (χ0) is 12.3. The summed E-state index contributed by atoms with van der Waals surface area (Å²) in [5.74, 6) is 1.16. The van der Waals surface area contributed by atoms with E-state index < -0.39 is 0 Å². The summed E-state index contributed by atoms with van der Waals surface area (Å²) in [6.07, 6.45) is 5.20. The molecule has 1 saturated carbocycles. The van der Waals surface area contributed by atoms with Crippen molar-refractivity contribution in [1.29, 1.82) is 0 Å². The van der Waals surface area contributed by atoms with Crippen LogP contribution >= 0.6 is 27.7 Å². The number of amides is 1. The molecule has 2 unspecified atom stereocenters. The summed E-state index contributed by atoms with van der Waals surface area (Å²) in [7, 11) is 0. The third kappa shape index (κ3) is 3.52. The lowest BCUT2D eigenvalue weighted by Gasteiger charge is -2.12. The second-order valence-corrected chi connectivity index (χ2v) is 6.79. The molecule has 5 heteroatoms. The molecule has 1 aromatic rings. The van der Waals surface area contributed by atoms with Gasteiger partial charge < -0.3 is 10.3 Å². The average Bonchev–Trinajstić information content (AvgIpc) is 2.88.